The van der Waals surface area contributed by atoms with Crippen molar-refractivity contribution in [3.8, 4) is 5.75 Å². The maximum atomic E-state index is 13.4. The molecule has 0 radical (unpaired) electrons. The molecule has 1 aliphatic heterocycles. The van der Waals surface area contributed by atoms with Crippen molar-refractivity contribution in [2.24, 2.45) is 0 Å². The molecule has 2 aromatic rings. The summed E-state index contributed by atoms with van der Waals surface area (Å²) >= 11 is 0. The van der Waals surface area contributed by atoms with E-state index in [1.807, 2.05) is 32.0 Å². The molecule has 1 heterocycles. The number of piperidine rings is 1. The highest BCUT2D eigenvalue weighted by Gasteiger charge is 2.36. The van der Waals surface area contributed by atoms with E-state index in [2.05, 4.69) is 0 Å². The minimum absolute atomic E-state index is 0.0385. The Morgan fingerprint density at radius 3 is 2.52 bits per heavy atom. The van der Waals surface area contributed by atoms with E-state index in [1.54, 1.807) is 0 Å². The summed E-state index contributed by atoms with van der Waals surface area (Å²) in [5.74, 6) is -1.45. The third kappa shape index (κ3) is 4.63. The number of carbonyl (C=O) groups is 1. The van der Waals surface area contributed by atoms with E-state index >= 15 is 0 Å². The monoisotopic (exact) mass is 375 g/mol. The van der Waals surface area contributed by atoms with Crippen molar-refractivity contribution in [2.45, 2.75) is 32.3 Å². The molecule has 3 rings (SSSR count). The highest BCUT2D eigenvalue weighted by Crippen LogP contribution is 2.25. The minimum atomic E-state index is -1.21. The number of hydrogen-bond donors (Lipinski definition) is 1. The van der Waals surface area contributed by atoms with Crippen LogP contribution in [0.4, 0.5) is 8.78 Å². The smallest absolute Gasteiger partial charge is 0.254 e. The number of halogens is 2. The second-order valence-corrected chi connectivity index (χ2v) is 7.25. The molecule has 27 heavy (non-hydrogen) atoms. The molecule has 0 saturated carbocycles. The largest absolute Gasteiger partial charge is 0.491 e. The molecule has 1 N–H and O–H groups in total. The molecule has 1 fully saturated rings. The summed E-state index contributed by atoms with van der Waals surface area (Å²) in [6.07, 6.45) is 1.06. The predicted molar refractivity (Wildman–Crippen MR) is 97.9 cm³/mol. The van der Waals surface area contributed by atoms with Crippen molar-refractivity contribution in [1.29, 1.82) is 0 Å². The lowest BCUT2D eigenvalue weighted by atomic mass is 9.93. The number of likely N-dealkylation sites (tertiary alicyclic amines) is 1. The van der Waals surface area contributed by atoms with Gasteiger partial charge in [0.1, 0.15) is 29.6 Å². The van der Waals surface area contributed by atoms with Crippen molar-refractivity contribution in [1.82, 2.24) is 4.90 Å². The quantitative estimate of drug-likeness (QED) is 0.888. The van der Waals surface area contributed by atoms with E-state index in [9.17, 15) is 18.7 Å². The van der Waals surface area contributed by atoms with Crippen LogP contribution in [0.2, 0.25) is 0 Å². The van der Waals surface area contributed by atoms with Crippen molar-refractivity contribution < 1.29 is 23.4 Å². The summed E-state index contributed by atoms with van der Waals surface area (Å²) in [7, 11) is 0. The van der Waals surface area contributed by atoms with Crippen LogP contribution in [0.25, 0.3) is 0 Å². The third-order valence-electron chi connectivity index (χ3n) is 4.94. The summed E-state index contributed by atoms with van der Waals surface area (Å²) in [6.45, 7) is 4.50. The zero-order valence-corrected chi connectivity index (χ0v) is 15.5. The Morgan fingerprint density at radius 1 is 1.15 bits per heavy atom. The first-order valence-electron chi connectivity index (χ1n) is 8.94. The Labute approximate surface area is 157 Å². The van der Waals surface area contributed by atoms with Gasteiger partial charge in [-0.1, -0.05) is 6.07 Å². The number of ether oxygens (including phenoxy) is 1. The molecule has 144 valence electrons. The minimum Gasteiger partial charge on any atom is -0.491 e. The Hall–Kier alpha value is -2.47. The average molecular weight is 375 g/mol. The number of carbonyl (C=O) groups excluding carboxylic acids is 1. The van der Waals surface area contributed by atoms with Gasteiger partial charge in [0.2, 0.25) is 0 Å². The molecule has 0 spiro atoms. The SMILES string of the molecule is Cc1ccc(OCC2(O)CCCN(C(=O)c3cc(F)cc(F)c3)C2)cc1C. The van der Waals surface area contributed by atoms with Crippen molar-refractivity contribution in [2.75, 3.05) is 19.7 Å². The van der Waals surface area contributed by atoms with Crippen LogP contribution in [0.5, 0.6) is 5.75 Å². The lowest BCUT2D eigenvalue weighted by molar-refractivity contribution is -0.0532. The Morgan fingerprint density at radius 2 is 1.85 bits per heavy atom. The van der Waals surface area contributed by atoms with Gasteiger partial charge in [0.15, 0.2) is 0 Å². The summed E-state index contributed by atoms with van der Waals surface area (Å²) < 4.78 is 32.5. The van der Waals surface area contributed by atoms with Gasteiger partial charge < -0.3 is 14.7 Å². The first-order valence-corrected chi connectivity index (χ1v) is 8.94. The number of benzene rings is 2. The average Bonchev–Trinajstić information content (AvgIpc) is 2.61. The fourth-order valence-corrected chi connectivity index (χ4v) is 3.28. The van der Waals surface area contributed by atoms with Gasteiger partial charge in [0.05, 0.1) is 6.54 Å². The molecule has 1 amide bonds. The molecule has 2 aromatic carbocycles. The fraction of sp³-hybridized carbons (Fsp3) is 0.381. The lowest BCUT2D eigenvalue weighted by Gasteiger charge is -2.39. The second-order valence-electron chi connectivity index (χ2n) is 7.25. The normalized spacial score (nSPS) is 19.8. The van der Waals surface area contributed by atoms with Crippen LogP contribution in [0.15, 0.2) is 36.4 Å². The molecule has 1 aliphatic rings. The summed E-state index contributed by atoms with van der Waals surface area (Å²) in [5.41, 5.74) is 0.969. The van der Waals surface area contributed by atoms with Crippen LogP contribution in [-0.2, 0) is 0 Å². The van der Waals surface area contributed by atoms with Gasteiger partial charge in [-0.05, 0) is 62.1 Å². The highest BCUT2D eigenvalue weighted by atomic mass is 19.1. The van der Waals surface area contributed by atoms with Gasteiger partial charge in [-0.3, -0.25) is 4.79 Å². The number of nitrogens with zero attached hydrogens (tertiary/aromatic N) is 1. The van der Waals surface area contributed by atoms with Gasteiger partial charge in [-0.25, -0.2) is 8.78 Å². The number of rotatable bonds is 4. The summed E-state index contributed by atoms with van der Waals surface area (Å²) in [5, 5.41) is 10.9. The maximum Gasteiger partial charge on any atom is 0.254 e. The number of aryl methyl sites for hydroxylation is 2. The molecule has 0 aliphatic carbocycles. The highest BCUT2D eigenvalue weighted by molar-refractivity contribution is 5.94. The zero-order chi connectivity index (χ0) is 19.6. The van der Waals surface area contributed by atoms with E-state index in [4.69, 9.17) is 4.74 Å². The molecule has 1 atom stereocenters. The summed E-state index contributed by atoms with van der Waals surface area (Å²) in [4.78, 5) is 14.0. The van der Waals surface area contributed by atoms with Crippen LogP contribution in [-0.4, -0.2) is 41.2 Å². The van der Waals surface area contributed by atoms with Gasteiger partial charge >= 0.3 is 0 Å². The number of hydrogen-bond acceptors (Lipinski definition) is 3. The second kappa shape index (κ2) is 7.64. The molecule has 0 bridgehead atoms. The molecule has 1 saturated heterocycles. The summed E-state index contributed by atoms with van der Waals surface area (Å²) in [6, 6.07) is 8.42. The van der Waals surface area contributed by atoms with E-state index in [1.165, 1.54) is 4.90 Å². The van der Waals surface area contributed by atoms with Gasteiger partial charge in [-0.2, -0.15) is 0 Å². The first-order chi connectivity index (χ1) is 12.8. The van der Waals surface area contributed by atoms with Gasteiger partial charge in [0.25, 0.3) is 5.91 Å². The van der Waals surface area contributed by atoms with Crippen LogP contribution in [0, 0.1) is 25.5 Å². The Kier molecular flexibility index (Phi) is 5.46. The van der Waals surface area contributed by atoms with Crippen molar-refractivity contribution in [3.63, 3.8) is 0 Å². The third-order valence-corrected chi connectivity index (χ3v) is 4.94. The molecular formula is C21H23F2NO3. The van der Waals surface area contributed by atoms with Crippen LogP contribution < -0.4 is 4.74 Å². The number of aliphatic hydroxyl groups is 1. The standard InChI is InChI=1S/C21H23F2NO3/c1-14-4-5-19(8-15(14)2)27-13-21(26)6-3-7-24(12-21)20(25)16-9-17(22)11-18(23)10-16/h4-5,8-11,26H,3,6-7,12-13H2,1-2H3. The van der Waals surface area contributed by atoms with Gasteiger partial charge in [-0.15, -0.1) is 0 Å². The molecule has 0 aromatic heterocycles. The van der Waals surface area contributed by atoms with E-state index in [0.29, 0.717) is 25.1 Å². The number of amides is 1. The number of β-amino-alcohol motifs (C(OH)–C–C–N with tert-alkyl or cyclic N) is 1. The van der Waals surface area contributed by atoms with E-state index in [-0.39, 0.29) is 18.7 Å². The van der Waals surface area contributed by atoms with E-state index in [0.717, 1.165) is 29.3 Å². The maximum absolute atomic E-state index is 13.4. The molecular weight excluding hydrogens is 352 g/mol. The fourth-order valence-electron chi connectivity index (χ4n) is 3.28. The first kappa shape index (κ1) is 19.3. The lowest BCUT2D eigenvalue weighted by Crippen LogP contribution is -2.53. The van der Waals surface area contributed by atoms with E-state index < -0.39 is 23.1 Å². The predicted octanol–water partition coefficient (Wildman–Crippen LogP) is 3.63. The van der Waals surface area contributed by atoms with Gasteiger partial charge in [0, 0.05) is 18.2 Å². The molecule has 4 nitrogen and oxygen atoms in total. The van der Waals surface area contributed by atoms with Crippen LogP contribution >= 0.6 is 0 Å². The topological polar surface area (TPSA) is 49.8 Å². The molecule has 1 unspecified atom stereocenters. The van der Waals surface area contributed by atoms with Crippen LogP contribution in [0.3, 0.4) is 0 Å². The van der Waals surface area contributed by atoms with Crippen molar-refractivity contribution >= 4 is 5.91 Å². The Balaban J connectivity index is 1.68. The van der Waals surface area contributed by atoms with Crippen LogP contribution in [0.1, 0.15) is 34.3 Å². The van der Waals surface area contributed by atoms with Crippen molar-refractivity contribution in [3.05, 3.63) is 64.7 Å². The Bertz CT molecular complexity index is 835. The zero-order valence-electron chi connectivity index (χ0n) is 15.5. The molecule has 6 heteroatoms.